The number of nitrogens with one attached hydrogen (secondary N) is 1. The van der Waals surface area contributed by atoms with Gasteiger partial charge < -0.3 is 9.88 Å². The van der Waals surface area contributed by atoms with Crippen LogP contribution in [0.1, 0.15) is 26.6 Å². The Kier molecular flexibility index (Phi) is 6.21. The van der Waals surface area contributed by atoms with E-state index in [9.17, 15) is 9.59 Å². The van der Waals surface area contributed by atoms with Crippen LogP contribution < -0.4 is 10.5 Å². The lowest BCUT2D eigenvalue weighted by Crippen LogP contribution is -2.44. The summed E-state index contributed by atoms with van der Waals surface area (Å²) in [4.78, 5) is 36.5. The van der Waals surface area contributed by atoms with E-state index in [1.165, 1.54) is 0 Å². The molecule has 0 atom stereocenters. The van der Waals surface area contributed by atoms with Gasteiger partial charge in [-0.05, 0) is 44.7 Å². The summed E-state index contributed by atoms with van der Waals surface area (Å²) in [6, 6.07) is 17.0. The molecule has 0 aliphatic heterocycles. The van der Waals surface area contributed by atoms with Crippen molar-refractivity contribution >= 4 is 22.5 Å². The molecule has 6 nitrogen and oxygen atoms in total. The van der Waals surface area contributed by atoms with E-state index in [1.807, 2.05) is 74.2 Å². The summed E-state index contributed by atoms with van der Waals surface area (Å²) in [5.41, 5.74) is 1.39. The van der Waals surface area contributed by atoms with Gasteiger partial charge in [0.1, 0.15) is 5.82 Å². The van der Waals surface area contributed by atoms with E-state index in [0.717, 1.165) is 5.69 Å². The lowest BCUT2D eigenvalue weighted by Gasteiger charge is -2.29. The highest BCUT2D eigenvalue weighted by molar-refractivity contribution is 5.95. The largest absolute Gasteiger partial charge is 0.309 e. The molecular formula is C22H26N4O2. The van der Waals surface area contributed by atoms with E-state index in [0.29, 0.717) is 29.8 Å². The van der Waals surface area contributed by atoms with Gasteiger partial charge in [-0.1, -0.05) is 37.3 Å². The Bertz CT molecular complexity index is 998. The third-order valence-electron chi connectivity index (χ3n) is 4.66. The third-order valence-corrected chi connectivity index (χ3v) is 4.66. The fourth-order valence-corrected chi connectivity index (χ4v) is 3.29. The molecule has 0 saturated carbocycles. The lowest BCUT2D eigenvalue weighted by molar-refractivity contribution is -0.120. The van der Waals surface area contributed by atoms with Crippen molar-refractivity contribution in [1.29, 1.82) is 0 Å². The number of anilines is 1. The normalized spacial score (nSPS) is 11.3. The second kappa shape index (κ2) is 8.80. The van der Waals surface area contributed by atoms with Crippen molar-refractivity contribution in [2.75, 3.05) is 18.0 Å². The lowest BCUT2D eigenvalue weighted by atomic mass is 10.2. The number of amides is 1. The Morgan fingerprint density at radius 2 is 1.75 bits per heavy atom. The van der Waals surface area contributed by atoms with Crippen molar-refractivity contribution in [3.8, 4) is 0 Å². The predicted molar refractivity (Wildman–Crippen MR) is 112 cm³/mol. The van der Waals surface area contributed by atoms with Gasteiger partial charge in [0.05, 0.1) is 24.0 Å². The number of rotatable bonds is 7. The molecule has 3 rings (SSSR count). The average molecular weight is 378 g/mol. The first-order valence-electron chi connectivity index (χ1n) is 9.57. The number of nitrogens with zero attached hydrogens (tertiary/aromatic N) is 3. The minimum atomic E-state index is -0.156. The highest BCUT2D eigenvalue weighted by Gasteiger charge is 2.21. The smallest absolute Gasteiger partial charge is 0.258 e. The van der Waals surface area contributed by atoms with E-state index in [2.05, 4.69) is 9.97 Å². The van der Waals surface area contributed by atoms with Crippen molar-refractivity contribution in [1.82, 2.24) is 14.9 Å². The number of carbonyl (C=O) groups excluding carboxylic acids is 1. The second-order valence-corrected chi connectivity index (χ2v) is 7.03. The maximum atomic E-state index is 13.0. The van der Waals surface area contributed by atoms with Gasteiger partial charge in [-0.25, -0.2) is 4.98 Å². The Labute approximate surface area is 164 Å². The first-order valence-corrected chi connectivity index (χ1v) is 9.57. The Hall–Kier alpha value is -2.99. The third kappa shape index (κ3) is 4.46. The van der Waals surface area contributed by atoms with Crippen LogP contribution in [0, 0.1) is 0 Å². The molecule has 0 radical (unpaired) electrons. The van der Waals surface area contributed by atoms with Crippen LogP contribution in [0.3, 0.4) is 0 Å². The predicted octanol–water partition coefficient (Wildman–Crippen LogP) is 3.19. The number of aromatic amines is 1. The Morgan fingerprint density at radius 1 is 1.07 bits per heavy atom. The summed E-state index contributed by atoms with van der Waals surface area (Å²) in [5, 5.41) is 0.570. The quantitative estimate of drug-likeness (QED) is 0.686. The molecule has 0 aliphatic rings. The van der Waals surface area contributed by atoms with Crippen LogP contribution in [0.4, 0.5) is 5.69 Å². The van der Waals surface area contributed by atoms with Gasteiger partial charge in [0.25, 0.3) is 5.56 Å². The van der Waals surface area contributed by atoms with E-state index in [4.69, 9.17) is 0 Å². The number of aromatic nitrogens is 2. The SMILES string of the molecule is CCN(CC(=O)N(c1ccccc1)C(C)C)Cc1nc2ccccc2c(=O)[nH]1. The van der Waals surface area contributed by atoms with E-state index in [1.54, 1.807) is 11.0 Å². The van der Waals surface area contributed by atoms with Crippen molar-refractivity contribution in [3.05, 3.63) is 70.8 Å². The Morgan fingerprint density at radius 3 is 2.43 bits per heavy atom. The summed E-state index contributed by atoms with van der Waals surface area (Å²) in [5.74, 6) is 0.584. The molecule has 0 spiro atoms. The fourth-order valence-electron chi connectivity index (χ4n) is 3.29. The number of likely N-dealkylation sites (N-methyl/N-ethyl adjacent to an activating group) is 1. The number of fused-ring (bicyclic) bond motifs is 1. The van der Waals surface area contributed by atoms with Crippen LogP contribution in [0.2, 0.25) is 0 Å². The zero-order valence-electron chi connectivity index (χ0n) is 16.6. The number of carbonyl (C=O) groups is 1. The zero-order valence-corrected chi connectivity index (χ0v) is 16.6. The van der Waals surface area contributed by atoms with E-state index < -0.39 is 0 Å². The van der Waals surface area contributed by atoms with Gasteiger partial charge in [0.2, 0.25) is 5.91 Å². The van der Waals surface area contributed by atoms with Crippen LogP contribution >= 0.6 is 0 Å². The van der Waals surface area contributed by atoms with Gasteiger partial charge in [0, 0.05) is 11.7 Å². The fraction of sp³-hybridized carbons (Fsp3) is 0.318. The first kappa shape index (κ1) is 19.8. The molecule has 0 aliphatic carbocycles. The Balaban J connectivity index is 1.78. The first-order chi connectivity index (χ1) is 13.5. The molecule has 0 fully saturated rings. The number of hydrogen-bond donors (Lipinski definition) is 1. The number of H-pyrrole nitrogens is 1. The summed E-state index contributed by atoms with van der Waals surface area (Å²) >= 11 is 0. The standard InChI is InChI=1S/C22H26N4O2/c1-4-25(14-20-23-19-13-9-8-12-18(19)22(28)24-20)15-21(27)26(16(2)3)17-10-6-5-7-11-17/h5-13,16H,4,14-15H2,1-3H3,(H,23,24,28). The molecule has 1 heterocycles. The molecular weight excluding hydrogens is 352 g/mol. The summed E-state index contributed by atoms with van der Waals surface area (Å²) in [7, 11) is 0. The van der Waals surface area contributed by atoms with Crippen LogP contribution in [0.5, 0.6) is 0 Å². The minimum absolute atomic E-state index is 0.0196. The second-order valence-electron chi connectivity index (χ2n) is 7.03. The molecule has 3 aromatic rings. The number of benzene rings is 2. The maximum absolute atomic E-state index is 13.0. The molecule has 2 aromatic carbocycles. The van der Waals surface area contributed by atoms with E-state index in [-0.39, 0.29) is 24.1 Å². The molecule has 0 saturated heterocycles. The van der Waals surface area contributed by atoms with E-state index >= 15 is 0 Å². The summed E-state index contributed by atoms with van der Waals surface area (Å²) < 4.78 is 0. The van der Waals surface area contributed by atoms with Gasteiger partial charge in [-0.15, -0.1) is 0 Å². The van der Waals surface area contributed by atoms with Crippen molar-refractivity contribution < 1.29 is 4.79 Å². The van der Waals surface area contributed by atoms with Gasteiger partial charge in [0.15, 0.2) is 0 Å². The zero-order chi connectivity index (χ0) is 20.1. The highest BCUT2D eigenvalue weighted by atomic mass is 16.2. The average Bonchev–Trinajstić information content (AvgIpc) is 2.68. The summed E-state index contributed by atoms with van der Waals surface area (Å²) in [6.07, 6.45) is 0. The van der Waals surface area contributed by atoms with Crippen molar-refractivity contribution in [2.24, 2.45) is 0 Å². The van der Waals surface area contributed by atoms with Crippen LogP contribution in [-0.2, 0) is 11.3 Å². The number of hydrogen-bond acceptors (Lipinski definition) is 4. The monoisotopic (exact) mass is 378 g/mol. The molecule has 1 N–H and O–H groups in total. The van der Waals surface area contributed by atoms with Crippen molar-refractivity contribution in [3.63, 3.8) is 0 Å². The summed E-state index contributed by atoms with van der Waals surface area (Å²) in [6.45, 7) is 7.33. The molecule has 0 bridgehead atoms. The van der Waals surface area contributed by atoms with Crippen LogP contribution in [-0.4, -0.2) is 39.9 Å². The van der Waals surface area contributed by atoms with Crippen molar-refractivity contribution in [2.45, 2.75) is 33.4 Å². The topological polar surface area (TPSA) is 69.3 Å². The molecule has 1 aromatic heterocycles. The van der Waals surface area contributed by atoms with Gasteiger partial charge in [-0.2, -0.15) is 0 Å². The highest BCUT2D eigenvalue weighted by Crippen LogP contribution is 2.17. The molecule has 146 valence electrons. The molecule has 1 amide bonds. The molecule has 28 heavy (non-hydrogen) atoms. The number of para-hydroxylation sites is 2. The maximum Gasteiger partial charge on any atom is 0.258 e. The molecule has 0 unspecified atom stereocenters. The van der Waals surface area contributed by atoms with Gasteiger partial charge in [-0.3, -0.25) is 14.5 Å². The molecule has 6 heteroatoms. The van der Waals surface area contributed by atoms with Crippen LogP contribution in [0.15, 0.2) is 59.4 Å². The van der Waals surface area contributed by atoms with Crippen LogP contribution in [0.25, 0.3) is 10.9 Å². The minimum Gasteiger partial charge on any atom is -0.309 e. The van der Waals surface area contributed by atoms with Gasteiger partial charge >= 0.3 is 0 Å².